The Labute approximate surface area is 153 Å². The molecule has 0 unspecified atom stereocenters. The zero-order chi connectivity index (χ0) is 19.4. The first-order valence-electron chi connectivity index (χ1n) is 8.10. The van der Waals surface area contributed by atoms with Gasteiger partial charge in [-0.1, -0.05) is 18.2 Å². The van der Waals surface area contributed by atoms with Gasteiger partial charge in [0.2, 0.25) is 5.91 Å². The molecule has 10 nitrogen and oxygen atoms in total. The monoisotopic (exact) mass is 371 g/mol. The molecule has 1 aliphatic heterocycles. The quantitative estimate of drug-likeness (QED) is 0.577. The number of aromatic amines is 1. The molecule has 0 saturated carbocycles. The van der Waals surface area contributed by atoms with Crippen LogP contribution in [0, 0.1) is 0 Å². The predicted molar refractivity (Wildman–Crippen MR) is 93.1 cm³/mol. The van der Waals surface area contributed by atoms with E-state index in [1.807, 2.05) is 24.3 Å². The van der Waals surface area contributed by atoms with Crippen LogP contribution in [0.5, 0.6) is 0 Å². The highest BCUT2D eigenvalue weighted by molar-refractivity contribution is 5.87. The van der Waals surface area contributed by atoms with Crippen molar-refractivity contribution < 1.29 is 24.6 Å². The van der Waals surface area contributed by atoms with Crippen molar-refractivity contribution in [3.05, 3.63) is 47.4 Å². The molecule has 2 aromatic heterocycles. The molecular weight excluding hydrogens is 354 g/mol. The minimum Gasteiger partial charge on any atom is -0.483 e. The Balaban J connectivity index is 0.000000659. The van der Waals surface area contributed by atoms with Crippen LogP contribution in [0.15, 0.2) is 30.5 Å². The van der Waals surface area contributed by atoms with E-state index >= 15 is 0 Å². The Hall–Kier alpha value is -3.69. The van der Waals surface area contributed by atoms with E-state index in [-0.39, 0.29) is 24.6 Å². The molecule has 27 heavy (non-hydrogen) atoms. The summed E-state index contributed by atoms with van der Waals surface area (Å²) in [5, 5.41) is 27.8. The third kappa shape index (κ3) is 3.64. The number of carbonyl (C=O) groups excluding carboxylic acids is 1. The Morgan fingerprint density at radius 2 is 2.04 bits per heavy atom. The minimum atomic E-state index is -1.05. The Morgan fingerprint density at radius 3 is 2.78 bits per heavy atom. The van der Waals surface area contributed by atoms with Gasteiger partial charge in [-0.25, -0.2) is 4.79 Å². The number of H-pyrrole nitrogens is 1. The smallest absolute Gasteiger partial charge is 0.356 e. The van der Waals surface area contributed by atoms with Gasteiger partial charge in [0.05, 0.1) is 24.0 Å². The second-order valence-corrected chi connectivity index (χ2v) is 5.87. The fourth-order valence-electron chi connectivity index (χ4n) is 3.09. The number of hydrogen-bond donors (Lipinski definition) is 3. The van der Waals surface area contributed by atoms with Crippen molar-refractivity contribution in [3.63, 3.8) is 0 Å². The van der Waals surface area contributed by atoms with Gasteiger partial charge in [-0.05, 0) is 12.5 Å². The van der Waals surface area contributed by atoms with Gasteiger partial charge < -0.3 is 15.1 Å². The molecule has 0 saturated heterocycles. The molecule has 1 aliphatic rings. The molecule has 0 fully saturated rings. The molecular formula is C17H17N5O5. The summed E-state index contributed by atoms with van der Waals surface area (Å²) < 4.78 is 1.68. The fraction of sp³-hybridized carbons (Fsp3) is 0.235. The van der Waals surface area contributed by atoms with Crippen molar-refractivity contribution in [2.45, 2.75) is 19.5 Å². The van der Waals surface area contributed by atoms with E-state index < -0.39 is 5.97 Å². The largest absolute Gasteiger partial charge is 0.483 e. The van der Waals surface area contributed by atoms with Gasteiger partial charge in [-0.2, -0.15) is 10.2 Å². The first-order valence-corrected chi connectivity index (χ1v) is 8.10. The highest BCUT2D eigenvalue weighted by Crippen LogP contribution is 2.21. The van der Waals surface area contributed by atoms with Crippen LogP contribution < -0.4 is 0 Å². The van der Waals surface area contributed by atoms with Gasteiger partial charge in [0.15, 0.2) is 5.69 Å². The van der Waals surface area contributed by atoms with Crippen molar-refractivity contribution >= 4 is 29.3 Å². The lowest BCUT2D eigenvalue weighted by Gasteiger charge is -2.26. The summed E-state index contributed by atoms with van der Waals surface area (Å²) in [6.07, 6.45) is 2.23. The van der Waals surface area contributed by atoms with Crippen LogP contribution in [-0.2, 0) is 29.1 Å². The van der Waals surface area contributed by atoms with Crippen LogP contribution in [0.4, 0.5) is 0 Å². The number of para-hydroxylation sites is 1. The predicted octanol–water partition coefficient (Wildman–Crippen LogP) is 0.743. The third-order valence-corrected chi connectivity index (χ3v) is 4.32. The normalized spacial score (nSPS) is 12.8. The number of carbonyl (C=O) groups is 3. The van der Waals surface area contributed by atoms with E-state index in [1.165, 1.54) is 0 Å². The van der Waals surface area contributed by atoms with E-state index in [0.29, 0.717) is 30.8 Å². The van der Waals surface area contributed by atoms with Crippen LogP contribution >= 0.6 is 0 Å². The molecule has 0 atom stereocenters. The molecule has 3 N–H and O–H groups in total. The lowest BCUT2D eigenvalue weighted by atomic mass is 10.0. The van der Waals surface area contributed by atoms with Crippen LogP contribution in [0.3, 0.4) is 0 Å². The van der Waals surface area contributed by atoms with Crippen LogP contribution in [0.1, 0.15) is 21.7 Å². The summed E-state index contributed by atoms with van der Waals surface area (Å²) in [6.45, 7) is 0.723. The van der Waals surface area contributed by atoms with E-state index in [2.05, 4.69) is 15.3 Å². The molecule has 0 aliphatic carbocycles. The second-order valence-electron chi connectivity index (χ2n) is 5.87. The molecule has 4 rings (SSSR count). The lowest BCUT2D eigenvalue weighted by Crippen LogP contribution is -2.38. The van der Waals surface area contributed by atoms with E-state index in [1.54, 1.807) is 15.8 Å². The molecule has 1 aromatic carbocycles. The molecule has 0 radical (unpaired) electrons. The van der Waals surface area contributed by atoms with Crippen molar-refractivity contribution in [3.8, 4) is 0 Å². The maximum absolute atomic E-state index is 12.6. The maximum Gasteiger partial charge on any atom is 0.356 e. The number of aromatic nitrogens is 4. The number of nitrogens with one attached hydrogen (secondary N) is 1. The van der Waals surface area contributed by atoms with Crippen molar-refractivity contribution in [1.82, 2.24) is 24.9 Å². The highest BCUT2D eigenvalue weighted by atomic mass is 16.4. The number of hydrogen-bond acceptors (Lipinski definition) is 5. The van der Waals surface area contributed by atoms with Crippen LogP contribution in [0.2, 0.25) is 0 Å². The number of carboxylic acids is 1. The number of fused-ring (bicyclic) bond motifs is 2. The summed E-state index contributed by atoms with van der Waals surface area (Å²) in [5.41, 5.74) is 2.35. The zero-order valence-corrected chi connectivity index (χ0v) is 14.2. The average Bonchev–Trinajstić information content (AvgIpc) is 3.26. The summed E-state index contributed by atoms with van der Waals surface area (Å²) in [5.74, 6) is -1.10. The maximum atomic E-state index is 12.6. The summed E-state index contributed by atoms with van der Waals surface area (Å²) >= 11 is 0. The first-order chi connectivity index (χ1) is 13.0. The van der Waals surface area contributed by atoms with E-state index in [0.717, 1.165) is 10.9 Å². The van der Waals surface area contributed by atoms with Gasteiger partial charge in [0, 0.05) is 17.5 Å². The summed E-state index contributed by atoms with van der Waals surface area (Å²) in [6, 6.07) is 7.73. The lowest BCUT2D eigenvalue weighted by molar-refractivity contribution is -0.133. The fourth-order valence-corrected chi connectivity index (χ4v) is 3.09. The van der Waals surface area contributed by atoms with Gasteiger partial charge in [0.1, 0.15) is 6.54 Å². The molecule has 10 heteroatoms. The standard InChI is InChI=1S/C16H15N5O3.CH2O2/c22-14(9-21-13-4-2-1-3-10(13)7-17-21)20-6-5-11-12(8-20)18-19-15(11)16(23)24;2-1-3/h1-4,7H,5-6,8-9H2,(H,18,19)(H,23,24);1H,(H,2,3). The number of aromatic carboxylic acids is 1. The van der Waals surface area contributed by atoms with Crippen molar-refractivity contribution in [1.29, 1.82) is 0 Å². The summed E-state index contributed by atoms with van der Waals surface area (Å²) in [7, 11) is 0. The second kappa shape index (κ2) is 7.68. The van der Waals surface area contributed by atoms with Crippen molar-refractivity contribution in [2.24, 2.45) is 0 Å². The minimum absolute atomic E-state index is 0.0511. The number of benzene rings is 1. The van der Waals surface area contributed by atoms with Gasteiger partial charge in [-0.15, -0.1) is 0 Å². The third-order valence-electron chi connectivity index (χ3n) is 4.32. The molecule has 0 bridgehead atoms. The number of rotatable bonds is 3. The van der Waals surface area contributed by atoms with E-state index in [4.69, 9.17) is 15.0 Å². The van der Waals surface area contributed by atoms with Gasteiger partial charge >= 0.3 is 5.97 Å². The number of amides is 1. The Kier molecular flexibility index (Phi) is 5.15. The van der Waals surface area contributed by atoms with Crippen LogP contribution in [-0.4, -0.2) is 60.0 Å². The Bertz CT molecular complexity index is 993. The number of nitrogens with zero attached hydrogens (tertiary/aromatic N) is 4. The SMILES string of the molecule is O=C(O)c1n[nH]c2c1CCN(C(=O)Cn1ncc3ccccc31)C2.O=CO. The average molecular weight is 371 g/mol. The molecule has 3 heterocycles. The first kappa shape index (κ1) is 18.1. The molecule has 1 amide bonds. The van der Waals surface area contributed by atoms with Gasteiger partial charge in [-0.3, -0.25) is 19.4 Å². The molecule has 140 valence electrons. The molecule has 0 spiro atoms. The number of carboxylic acid groups (broad SMARTS) is 2. The van der Waals surface area contributed by atoms with Crippen LogP contribution in [0.25, 0.3) is 10.9 Å². The van der Waals surface area contributed by atoms with Gasteiger partial charge in [0.25, 0.3) is 6.47 Å². The van der Waals surface area contributed by atoms with E-state index in [9.17, 15) is 9.59 Å². The topological polar surface area (TPSA) is 141 Å². The van der Waals surface area contributed by atoms with Crippen molar-refractivity contribution in [2.75, 3.05) is 6.54 Å². The highest BCUT2D eigenvalue weighted by Gasteiger charge is 2.27. The Morgan fingerprint density at radius 1 is 1.30 bits per heavy atom. The molecule has 3 aromatic rings. The summed E-state index contributed by atoms with van der Waals surface area (Å²) in [4.78, 5) is 33.7. The zero-order valence-electron chi connectivity index (χ0n) is 14.2.